The maximum absolute atomic E-state index is 13.7. The van der Waals surface area contributed by atoms with Gasteiger partial charge in [0.1, 0.15) is 5.82 Å². The van der Waals surface area contributed by atoms with Gasteiger partial charge in [-0.1, -0.05) is 6.42 Å². The molecule has 0 radical (unpaired) electrons. The van der Waals surface area contributed by atoms with Crippen LogP contribution in [0.4, 0.5) is 10.1 Å². The zero-order valence-electron chi connectivity index (χ0n) is 13.2. The molecule has 0 heterocycles. The fraction of sp³-hybridized carbons (Fsp3) is 0.611. The van der Waals surface area contributed by atoms with Crippen LogP contribution in [0, 0.1) is 30.5 Å². The Balaban J connectivity index is 1.82. The van der Waals surface area contributed by atoms with Crippen LogP contribution in [0.2, 0.25) is 0 Å². The van der Waals surface area contributed by atoms with Crippen LogP contribution >= 0.6 is 0 Å². The zero-order chi connectivity index (χ0) is 15.1. The number of aryl methyl sites for hydroxylation is 1. The Morgan fingerprint density at radius 1 is 1.33 bits per heavy atom. The summed E-state index contributed by atoms with van der Waals surface area (Å²) >= 11 is 0. The third-order valence-electron chi connectivity index (χ3n) is 5.46. The van der Waals surface area contributed by atoms with Gasteiger partial charge in [0.25, 0.3) is 0 Å². The Labute approximate surface area is 126 Å². The summed E-state index contributed by atoms with van der Waals surface area (Å²) in [6, 6.07) is 3.21. The fourth-order valence-electron chi connectivity index (χ4n) is 4.31. The molecular weight excluding hydrogens is 265 g/mol. The van der Waals surface area contributed by atoms with Gasteiger partial charge in [-0.15, -0.1) is 0 Å². The molecule has 0 N–H and O–H groups in total. The van der Waals surface area contributed by atoms with Crippen LogP contribution in [-0.4, -0.2) is 19.4 Å². The maximum atomic E-state index is 13.7. The van der Waals surface area contributed by atoms with Gasteiger partial charge >= 0.3 is 0 Å². The molecule has 0 saturated heterocycles. The minimum absolute atomic E-state index is 0.0660. The zero-order valence-corrected chi connectivity index (χ0v) is 13.2. The number of fused-ring (bicyclic) bond motifs is 2. The van der Waals surface area contributed by atoms with E-state index in [1.807, 2.05) is 13.1 Å². The number of carbonyl (C=O) groups excluding carboxylic acids is 1. The SMILES string of the molecule is CC(=O)c1cc(F)c(C)cc1N(C)CC1CC2CCC1C2. The molecule has 2 bridgehead atoms. The van der Waals surface area contributed by atoms with Gasteiger partial charge in [-0.25, -0.2) is 4.39 Å². The molecular formula is C18H24FNO. The van der Waals surface area contributed by atoms with Crippen molar-refractivity contribution >= 4 is 11.5 Å². The van der Waals surface area contributed by atoms with Crippen molar-refractivity contribution in [3.63, 3.8) is 0 Å². The van der Waals surface area contributed by atoms with Gasteiger partial charge in [0.15, 0.2) is 5.78 Å². The maximum Gasteiger partial charge on any atom is 0.161 e. The topological polar surface area (TPSA) is 20.3 Å². The number of hydrogen-bond acceptors (Lipinski definition) is 2. The Morgan fingerprint density at radius 2 is 2.10 bits per heavy atom. The van der Waals surface area contributed by atoms with Gasteiger partial charge in [0.2, 0.25) is 0 Å². The number of anilines is 1. The fourth-order valence-corrected chi connectivity index (χ4v) is 4.31. The van der Waals surface area contributed by atoms with Crippen LogP contribution in [0.3, 0.4) is 0 Å². The van der Waals surface area contributed by atoms with Crippen LogP contribution in [0.1, 0.15) is 48.5 Å². The summed E-state index contributed by atoms with van der Waals surface area (Å²) < 4.78 is 13.7. The quantitative estimate of drug-likeness (QED) is 0.774. The Bertz CT molecular complexity index is 569. The van der Waals surface area contributed by atoms with Crippen molar-refractivity contribution < 1.29 is 9.18 Å². The van der Waals surface area contributed by atoms with E-state index in [4.69, 9.17) is 0 Å². The highest BCUT2D eigenvalue weighted by Gasteiger charge is 2.39. The van der Waals surface area contributed by atoms with Crippen LogP contribution in [-0.2, 0) is 0 Å². The first kappa shape index (κ1) is 14.6. The summed E-state index contributed by atoms with van der Waals surface area (Å²) in [4.78, 5) is 14.0. The van der Waals surface area contributed by atoms with E-state index in [1.165, 1.54) is 38.7 Å². The largest absolute Gasteiger partial charge is 0.374 e. The average molecular weight is 289 g/mol. The van der Waals surface area contributed by atoms with Crippen molar-refractivity contribution in [2.75, 3.05) is 18.5 Å². The highest BCUT2D eigenvalue weighted by Crippen LogP contribution is 2.48. The molecule has 3 atom stereocenters. The van der Waals surface area contributed by atoms with Gasteiger partial charge in [-0.05, 0) is 68.6 Å². The Hall–Kier alpha value is -1.38. The highest BCUT2D eigenvalue weighted by molar-refractivity contribution is 5.99. The first-order valence-corrected chi connectivity index (χ1v) is 7.98. The standard InChI is InChI=1S/C18H24FNO/c1-11-6-18(16(12(2)21)9-17(11)19)20(3)10-15-8-13-4-5-14(15)7-13/h6,9,13-15H,4-5,7-8,10H2,1-3H3. The molecule has 114 valence electrons. The smallest absolute Gasteiger partial charge is 0.161 e. The van der Waals surface area contributed by atoms with Crippen LogP contribution < -0.4 is 4.90 Å². The number of ketones is 1. The van der Waals surface area contributed by atoms with Crippen molar-refractivity contribution in [3.05, 3.63) is 29.1 Å². The molecule has 21 heavy (non-hydrogen) atoms. The van der Waals surface area contributed by atoms with Crippen molar-refractivity contribution in [3.8, 4) is 0 Å². The number of rotatable bonds is 4. The molecule has 0 aromatic heterocycles. The van der Waals surface area contributed by atoms with Crippen molar-refractivity contribution in [2.45, 2.75) is 39.5 Å². The molecule has 2 nitrogen and oxygen atoms in total. The van der Waals surface area contributed by atoms with E-state index in [-0.39, 0.29) is 11.6 Å². The molecule has 0 spiro atoms. The van der Waals surface area contributed by atoms with Crippen LogP contribution in [0.25, 0.3) is 0 Å². The second kappa shape index (κ2) is 5.43. The predicted molar refractivity (Wildman–Crippen MR) is 83.3 cm³/mol. The summed E-state index contributed by atoms with van der Waals surface area (Å²) in [6.07, 6.45) is 5.48. The second-order valence-corrected chi connectivity index (χ2v) is 6.99. The van der Waals surface area contributed by atoms with E-state index in [1.54, 1.807) is 6.92 Å². The first-order chi connectivity index (χ1) is 9.95. The van der Waals surface area contributed by atoms with Crippen molar-refractivity contribution in [1.29, 1.82) is 0 Å². The number of carbonyl (C=O) groups is 1. The Kier molecular flexibility index (Phi) is 3.76. The van der Waals surface area contributed by atoms with E-state index in [0.29, 0.717) is 11.1 Å². The summed E-state index contributed by atoms with van der Waals surface area (Å²) in [7, 11) is 2.03. The third kappa shape index (κ3) is 2.70. The first-order valence-electron chi connectivity index (χ1n) is 7.98. The minimum atomic E-state index is -0.294. The molecule has 3 heteroatoms. The van der Waals surface area contributed by atoms with Gasteiger partial charge in [0, 0.05) is 24.8 Å². The third-order valence-corrected chi connectivity index (χ3v) is 5.46. The number of Topliss-reactive ketones (excluding diaryl/α,β-unsaturated/α-hetero) is 1. The summed E-state index contributed by atoms with van der Waals surface area (Å²) in [5, 5.41) is 0. The summed E-state index contributed by atoms with van der Waals surface area (Å²) in [5.74, 6) is 2.16. The van der Waals surface area contributed by atoms with E-state index in [9.17, 15) is 9.18 Å². The molecule has 3 rings (SSSR count). The Morgan fingerprint density at radius 3 is 2.67 bits per heavy atom. The summed E-state index contributed by atoms with van der Waals surface area (Å²) in [5.41, 5.74) is 1.99. The number of benzene rings is 1. The normalized spacial score (nSPS) is 27.1. The molecule has 2 aliphatic rings. The van der Waals surface area contributed by atoms with Gasteiger partial charge < -0.3 is 4.90 Å². The number of halogens is 1. The average Bonchev–Trinajstić information content (AvgIpc) is 3.03. The molecule has 2 aliphatic carbocycles. The van der Waals surface area contributed by atoms with Crippen molar-refractivity contribution in [1.82, 2.24) is 0 Å². The summed E-state index contributed by atoms with van der Waals surface area (Å²) in [6.45, 7) is 4.25. The molecule has 1 aromatic carbocycles. The minimum Gasteiger partial charge on any atom is -0.374 e. The van der Waals surface area contributed by atoms with E-state index in [2.05, 4.69) is 4.90 Å². The van der Waals surface area contributed by atoms with Crippen molar-refractivity contribution in [2.24, 2.45) is 17.8 Å². The van der Waals surface area contributed by atoms with E-state index >= 15 is 0 Å². The monoisotopic (exact) mass is 289 g/mol. The molecule has 2 saturated carbocycles. The molecule has 0 aliphatic heterocycles. The molecule has 0 amide bonds. The number of hydrogen-bond donors (Lipinski definition) is 0. The predicted octanol–water partition coefficient (Wildman–Crippen LogP) is 4.21. The number of nitrogens with zero attached hydrogens (tertiary/aromatic N) is 1. The lowest BCUT2D eigenvalue weighted by Crippen LogP contribution is -2.29. The van der Waals surface area contributed by atoms with E-state index in [0.717, 1.165) is 30.0 Å². The van der Waals surface area contributed by atoms with Gasteiger partial charge in [-0.3, -0.25) is 4.79 Å². The van der Waals surface area contributed by atoms with Gasteiger partial charge in [-0.2, -0.15) is 0 Å². The van der Waals surface area contributed by atoms with Gasteiger partial charge in [0.05, 0.1) is 0 Å². The van der Waals surface area contributed by atoms with E-state index < -0.39 is 0 Å². The van der Waals surface area contributed by atoms with Crippen LogP contribution in [0.5, 0.6) is 0 Å². The highest BCUT2D eigenvalue weighted by atomic mass is 19.1. The lowest BCUT2D eigenvalue weighted by atomic mass is 9.88. The van der Waals surface area contributed by atoms with Crippen LogP contribution in [0.15, 0.2) is 12.1 Å². The second-order valence-electron chi connectivity index (χ2n) is 6.99. The molecule has 3 unspecified atom stereocenters. The lowest BCUT2D eigenvalue weighted by molar-refractivity contribution is 0.101. The lowest BCUT2D eigenvalue weighted by Gasteiger charge is -2.30. The molecule has 1 aromatic rings. The molecule has 2 fully saturated rings.